The van der Waals surface area contributed by atoms with Gasteiger partial charge in [0.05, 0.1) is 12.2 Å². The molecule has 2 N–H and O–H groups in total. The summed E-state index contributed by atoms with van der Waals surface area (Å²) >= 11 is 0. The van der Waals surface area contributed by atoms with E-state index in [1.54, 1.807) is 18.2 Å². The summed E-state index contributed by atoms with van der Waals surface area (Å²) in [7, 11) is 0. The Bertz CT molecular complexity index is 558. The molecule has 0 aliphatic heterocycles. The van der Waals surface area contributed by atoms with Gasteiger partial charge >= 0.3 is 5.97 Å². The van der Waals surface area contributed by atoms with Gasteiger partial charge in [-0.25, -0.2) is 4.79 Å². The van der Waals surface area contributed by atoms with Crippen molar-refractivity contribution in [2.45, 2.75) is 19.4 Å². The molecule has 3 heteroatoms. The highest BCUT2D eigenvalue weighted by Gasteiger charge is 2.03. The van der Waals surface area contributed by atoms with Gasteiger partial charge in [0.1, 0.15) is 0 Å². The summed E-state index contributed by atoms with van der Waals surface area (Å²) in [5.74, 6) is -0.894. The van der Waals surface area contributed by atoms with E-state index in [-0.39, 0.29) is 6.61 Å². The summed E-state index contributed by atoms with van der Waals surface area (Å²) in [6.07, 6.45) is 1.66. The molecule has 0 saturated carbocycles. The molecule has 0 heterocycles. The van der Waals surface area contributed by atoms with Crippen LogP contribution in [0.5, 0.6) is 0 Å². The Balaban J connectivity index is 2.01. The topological polar surface area (TPSA) is 57.5 Å². The molecular formula is C16H16O3. The molecule has 0 aliphatic rings. The van der Waals surface area contributed by atoms with Gasteiger partial charge in [0.15, 0.2) is 0 Å². The van der Waals surface area contributed by atoms with E-state index in [4.69, 9.17) is 10.2 Å². The molecule has 0 fully saturated rings. The van der Waals surface area contributed by atoms with E-state index in [0.717, 1.165) is 24.0 Å². The number of aliphatic hydroxyl groups excluding tert-OH is 1. The number of rotatable bonds is 5. The van der Waals surface area contributed by atoms with Crippen LogP contribution in [0.3, 0.4) is 0 Å². The average molecular weight is 256 g/mol. The standard InChI is InChI=1S/C16H16O3/c17-11-14-8-5-12(6-9-14)4-7-13-2-1-3-15(10-13)16(18)19/h1-3,5-6,8-10,17H,4,7,11H2,(H,18,19). The fraction of sp³-hybridized carbons (Fsp3) is 0.188. The minimum absolute atomic E-state index is 0.0565. The van der Waals surface area contributed by atoms with E-state index < -0.39 is 5.97 Å². The van der Waals surface area contributed by atoms with E-state index in [1.807, 2.05) is 30.3 Å². The van der Waals surface area contributed by atoms with Crippen LogP contribution in [-0.2, 0) is 19.4 Å². The summed E-state index contributed by atoms with van der Waals surface area (Å²) in [6, 6.07) is 14.8. The van der Waals surface area contributed by atoms with E-state index in [0.29, 0.717) is 5.56 Å². The number of carboxylic acids is 1. The Labute approximate surface area is 112 Å². The zero-order valence-electron chi connectivity index (χ0n) is 10.5. The number of hydrogen-bond acceptors (Lipinski definition) is 2. The molecule has 3 nitrogen and oxygen atoms in total. The number of carboxylic acid groups (broad SMARTS) is 1. The second-order valence-electron chi connectivity index (χ2n) is 4.48. The van der Waals surface area contributed by atoms with Crippen LogP contribution in [0.25, 0.3) is 0 Å². The van der Waals surface area contributed by atoms with Crippen molar-refractivity contribution < 1.29 is 15.0 Å². The van der Waals surface area contributed by atoms with Crippen LogP contribution in [0.4, 0.5) is 0 Å². The zero-order valence-corrected chi connectivity index (χ0v) is 10.5. The second-order valence-corrected chi connectivity index (χ2v) is 4.48. The highest BCUT2D eigenvalue weighted by Crippen LogP contribution is 2.11. The minimum Gasteiger partial charge on any atom is -0.478 e. The first-order chi connectivity index (χ1) is 9.19. The van der Waals surface area contributed by atoms with Crippen LogP contribution < -0.4 is 0 Å². The van der Waals surface area contributed by atoms with Gasteiger partial charge in [0.2, 0.25) is 0 Å². The summed E-state index contributed by atoms with van der Waals surface area (Å²) in [5.41, 5.74) is 3.42. The molecule has 0 bridgehead atoms. The van der Waals surface area contributed by atoms with Crippen molar-refractivity contribution in [1.82, 2.24) is 0 Å². The van der Waals surface area contributed by atoms with Gasteiger partial charge in [0.25, 0.3) is 0 Å². The van der Waals surface area contributed by atoms with Crippen molar-refractivity contribution in [3.8, 4) is 0 Å². The van der Waals surface area contributed by atoms with Gasteiger partial charge in [-0.15, -0.1) is 0 Å². The highest BCUT2D eigenvalue weighted by molar-refractivity contribution is 5.87. The first-order valence-electron chi connectivity index (χ1n) is 6.20. The Morgan fingerprint density at radius 2 is 1.53 bits per heavy atom. The van der Waals surface area contributed by atoms with Crippen LogP contribution in [0.15, 0.2) is 48.5 Å². The maximum Gasteiger partial charge on any atom is 0.335 e. The molecule has 0 saturated heterocycles. The van der Waals surface area contributed by atoms with Crippen molar-refractivity contribution in [1.29, 1.82) is 0 Å². The van der Waals surface area contributed by atoms with Crippen LogP contribution >= 0.6 is 0 Å². The van der Waals surface area contributed by atoms with E-state index >= 15 is 0 Å². The smallest absolute Gasteiger partial charge is 0.335 e. The van der Waals surface area contributed by atoms with Crippen LogP contribution in [-0.4, -0.2) is 16.2 Å². The van der Waals surface area contributed by atoms with Gasteiger partial charge in [0, 0.05) is 0 Å². The van der Waals surface area contributed by atoms with E-state index in [9.17, 15) is 4.79 Å². The summed E-state index contributed by atoms with van der Waals surface area (Å²) < 4.78 is 0. The van der Waals surface area contributed by atoms with Gasteiger partial charge in [-0.2, -0.15) is 0 Å². The lowest BCUT2D eigenvalue weighted by molar-refractivity contribution is 0.0696. The highest BCUT2D eigenvalue weighted by atomic mass is 16.4. The lowest BCUT2D eigenvalue weighted by Gasteiger charge is -2.04. The lowest BCUT2D eigenvalue weighted by atomic mass is 10.0. The van der Waals surface area contributed by atoms with Crippen molar-refractivity contribution in [2.75, 3.05) is 0 Å². The molecule has 0 amide bonds. The first-order valence-corrected chi connectivity index (χ1v) is 6.20. The van der Waals surface area contributed by atoms with Gasteiger partial charge in [-0.3, -0.25) is 0 Å². The number of hydrogen-bond donors (Lipinski definition) is 2. The third-order valence-electron chi connectivity index (χ3n) is 3.08. The molecule has 19 heavy (non-hydrogen) atoms. The lowest BCUT2D eigenvalue weighted by Crippen LogP contribution is -1.98. The van der Waals surface area contributed by atoms with Crippen LogP contribution in [0.1, 0.15) is 27.0 Å². The Morgan fingerprint density at radius 1 is 0.895 bits per heavy atom. The maximum absolute atomic E-state index is 10.9. The van der Waals surface area contributed by atoms with Crippen molar-refractivity contribution in [3.63, 3.8) is 0 Å². The summed E-state index contributed by atoms with van der Waals surface area (Å²) in [5, 5.41) is 17.9. The Hall–Kier alpha value is -2.13. The van der Waals surface area contributed by atoms with Crippen LogP contribution in [0, 0.1) is 0 Å². The fourth-order valence-corrected chi connectivity index (χ4v) is 1.96. The quantitative estimate of drug-likeness (QED) is 0.864. The van der Waals surface area contributed by atoms with Gasteiger partial charge in [-0.1, -0.05) is 36.4 Å². The zero-order chi connectivity index (χ0) is 13.7. The molecule has 0 aromatic heterocycles. The van der Waals surface area contributed by atoms with Crippen molar-refractivity contribution in [2.24, 2.45) is 0 Å². The first kappa shape index (κ1) is 13.3. The largest absolute Gasteiger partial charge is 0.478 e. The third kappa shape index (κ3) is 3.66. The monoisotopic (exact) mass is 256 g/mol. The average Bonchev–Trinajstić information content (AvgIpc) is 2.46. The predicted molar refractivity (Wildman–Crippen MR) is 73.2 cm³/mol. The molecule has 2 rings (SSSR count). The summed E-state index contributed by atoms with van der Waals surface area (Å²) in [6.45, 7) is 0.0565. The normalized spacial score (nSPS) is 10.4. The van der Waals surface area contributed by atoms with Crippen molar-refractivity contribution in [3.05, 3.63) is 70.8 Å². The summed E-state index contributed by atoms with van der Waals surface area (Å²) in [4.78, 5) is 10.9. The molecule has 98 valence electrons. The molecule has 0 spiro atoms. The molecule has 0 atom stereocenters. The Kier molecular flexibility index (Phi) is 4.31. The van der Waals surface area contributed by atoms with Gasteiger partial charge in [-0.05, 0) is 41.7 Å². The number of aryl methyl sites for hydroxylation is 2. The molecule has 0 radical (unpaired) electrons. The molecular weight excluding hydrogens is 240 g/mol. The SMILES string of the molecule is O=C(O)c1cccc(CCc2ccc(CO)cc2)c1. The molecule has 2 aromatic carbocycles. The van der Waals surface area contributed by atoms with E-state index in [2.05, 4.69) is 0 Å². The van der Waals surface area contributed by atoms with Gasteiger partial charge < -0.3 is 10.2 Å². The maximum atomic E-state index is 10.9. The third-order valence-corrected chi connectivity index (χ3v) is 3.08. The number of benzene rings is 2. The number of carbonyl (C=O) groups is 1. The Morgan fingerprint density at radius 3 is 2.16 bits per heavy atom. The van der Waals surface area contributed by atoms with Crippen LogP contribution in [0.2, 0.25) is 0 Å². The number of aromatic carboxylic acids is 1. The van der Waals surface area contributed by atoms with Crippen molar-refractivity contribution >= 4 is 5.97 Å². The second kappa shape index (κ2) is 6.16. The predicted octanol–water partition coefficient (Wildman–Crippen LogP) is 2.66. The fourth-order valence-electron chi connectivity index (χ4n) is 1.96. The molecule has 0 unspecified atom stereocenters. The number of aliphatic hydroxyl groups is 1. The molecule has 2 aromatic rings. The molecule has 0 aliphatic carbocycles. The minimum atomic E-state index is -0.894. The van der Waals surface area contributed by atoms with E-state index in [1.165, 1.54) is 5.56 Å².